The molecule has 0 rings (SSSR count). The summed E-state index contributed by atoms with van der Waals surface area (Å²) in [6, 6.07) is 0. The molecule has 4 nitrogen and oxygen atoms in total. The summed E-state index contributed by atoms with van der Waals surface area (Å²) in [4.78, 5) is 0. The molecule has 0 amide bonds. The first-order chi connectivity index (χ1) is 0. The fraction of sp³-hybridized carbons (Fsp3) is 0. The summed E-state index contributed by atoms with van der Waals surface area (Å²) < 4.78 is 0. The number of hydrogen-bond acceptors (Lipinski definition) is 4. The zero-order valence-electron chi connectivity index (χ0n) is 2.96. The molecule has 2 radical (unpaired) electrons. The van der Waals surface area contributed by atoms with Crippen molar-refractivity contribution in [2.24, 2.45) is 0 Å². The zero-order chi connectivity index (χ0) is 0. The van der Waals surface area contributed by atoms with Crippen LogP contribution in [0.5, 0.6) is 0 Å². The van der Waals surface area contributed by atoms with E-state index in [0.29, 0.717) is 0 Å². The average molecular weight is 234 g/mol. The number of hydrogen-bond donors (Lipinski definition) is 0. The van der Waals surface area contributed by atoms with Crippen LogP contribution in [0.15, 0.2) is 0 Å². The molecule has 0 aromatic carbocycles. The fourth-order valence-electron chi connectivity index (χ4n) is 0. The first kappa shape index (κ1) is 200. The minimum atomic E-state index is 0. The van der Waals surface area contributed by atoms with Gasteiger partial charge in [-0.2, -0.15) is 0 Å². The first-order valence-corrected chi connectivity index (χ1v) is 0. The van der Waals surface area contributed by atoms with Gasteiger partial charge >= 0.3 is 33.6 Å². The van der Waals surface area contributed by atoms with E-state index in [1.54, 1.807) is 0 Å². The summed E-state index contributed by atoms with van der Waals surface area (Å²) in [5.41, 5.74) is 0. The molecule has 0 aromatic rings. The molecular formula is H4Co2O4Ti. The van der Waals surface area contributed by atoms with Gasteiger partial charge in [0.1, 0.15) is 0 Å². The molecule has 0 saturated carbocycles. The van der Waals surface area contributed by atoms with Gasteiger partial charge in [-0.1, -0.05) is 0 Å². The van der Waals surface area contributed by atoms with E-state index in [9.17, 15) is 0 Å². The van der Waals surface area contributed by atoms with Crippen LogP contribution in [0.2, 0.25) is 0 Å². The van der Waals surface area contributed by atoms with Gasteiger partial charge in [0.15, 0.2) is 0 Å². The summed E-state index contributed by atoms with van der Waals surface area (Å²) in [5, 5.41) is 0. The van der Waals surface area contributed by atoms with E-state index in [1.165, 1.54) is 0 Å². The van der Waals surface area contributed by atoms with Gasteiger partial charge in [0.2, 0.25) is 0 Å². The van der Waals surface area contributed by atoms with E-state index in [2.05, 4.69) is 0 Å². The normalized spacial score (nSPS) is 0. The van der Waals surface area contributed by atoms with Crippen molar-refractivity contribution in [3.8, 4) is 0 Å². The maximum Gasteiger partial charge on any atom is 2.00 e. The molecule has 0 heterocycles. The second-order valence-corrected chi connectivity index (χ2v) is 0. The quantitative estimate of drug-likeness (QED) is 0.513. The molecule has 7 heteroatoms. The van der Waals surface area contributed by atoms with Gasteiger partial charge in [-0.05, 0) is 0 Å². The molecule has 7 heavy (non-hydrogen) atoms. The summed E-state index contributed by atoms with van der Waals surface area (Å²) in [6.07, 6.45) is 0. The van der Waals surface area contributed by atoms with Crippen LogP contribution in [0.3, 0.4) is 0 Å². The average Bonchev–Trinajstić information content (AvgIpc) is 0. The molecule has 0 aromatic heterocycles. The van der Waals surface area contributed by atoms with Crippen LogP contribution in [-0.2, 0) is 55.3 Å². The van der Waals surface area contributed by atoms with Crippen molar-refractivity contribution >= 4 is 0 Å². The molecule has 0 fully saturated rings. The van der Waals surface area contributed by atoms with Crippen LogP contribution in [0.25, 0.3) is 0 Å². The smallest absolute Gasteiger partial charge is 0.870 e. The number of rotatable bonds is 0. The second-order valence-electron chi connectivity index (χ2n) is 0. The van der Waals surface area contributed by atoms with Crippen molar-refractivity contribution in [2.75, 3.05) is 0 Å². The van der Waals surface area contributed by atoms with Crippen molar-refractivity contribution in [3.05, 3.63) is 0 Å². The SMILES string of the molecule is [Co+2].[Co+2].[OH-].[OH-].[OH-].[OH-].[Ti]. The maximum atomic E-state index is 0. The molecule has 0 bridgehead atoms. The van der Waals surface area contributed by atoms with E-state index < -0.39 is 0 Å². The Morgan fingerprint density at radius 1 is 0.429 bits per heavy atom. The molecule has 4 N–H and O–H groups in total. The Morgan fingerprint density at radius 3 is 0.429 bits per heavy atom. The monoisotopic (exact) mass is 234 g/mol. The standard InChI is InChI=1S/2Co.4H2O.Ti/h;;4*1H2;/q2*+2;;;;;/p-4. The first-order valence-electron chi connectivity index (χ1n) is 0. The summed E-state index contributed by atoms with van der Waals surface area (Å²) in [5.74, 6) is 0. The van der Waals surface area contributed by atoms with Gasteiger partial charge in [-0.3, -0.25) is 0 Å². The van der Waals surface area contributed by atoms with Crippen molar-refractivity contribution in [2.45, 2.75) is 0 Å². The van der Waals surface area contributed by atoms with Crippen molar-refractivity contribution in [1.29, 1.82) is 0 Å². The minimum absolute atomic E-state index is 0. The van der Waals surface area contributed by atoms with E-state index in [-0.39, 0.29) is 77.2 Å². The molecule has 0 aliphatic carbocycles. The molecule has 0 unspecified atom stereocenters. The van der Waals surface area contributed by atoms with Gasteiger partial charge < -0.3 is 21.9 Å². The van der Waals surface area contributed by atoms with Crippen molar-refractivity contribution in [3.63, 3.8) is 0 Å². The molecule has 0 aliphatic heterocycles. The van der Waals surface area contributed by atoms with Crippen LogP contribution < -0.4 is 0 Å². The minimum Gasteiger partial charge on any atom is -0.870 e. The van der Waals surface area contributed by atoms with Gasteiger partial charge in [0, 0.05) is 21.7 Å². The van der Waals surface area contributed by atoms with Crippen LogP contribution in [0.4, 0.5) is 0 Å². The predicted octanol–water partition coefficient (Wildman–Crippen LogP) is -0.715. The topological polar surface area (TPSA) is 120 Å². The third kappa shape index (κ3) is 95.5. The van der Waals surface area contributed by atoms with Crippen LogP contribution >= 0.6 is 0 Å². The Hall–Kier alpha value is 1.57. The Morgan fingerprint density at radius 2 is 0.429 bits per heavy atom. The van der Waals surface area contributed by atoms with Gasteiger partial charge in [-0.15, -0.1) is 0 Å². The van der Waals surface area contributed by atoms with E-state index in [1.807, 2.05) is 0 Å². The molecule has 50 valence electrons. The van der Waals surface area contributed by atoms with Gasteiger partial charge in [-0.25, -0.2) is 0 Å². The molecule has 0 saturated heterocycles. The second kappa shape index (κ2) is 133. The largest absolute Gasteiger partial charge is 2.00 e. The third-order valence-corrected chi connectivity index (χ3v) is 0. The Balaban J connectivity index is 0. The van der Waals surface area contributed by atoms with E-state index >= 15 is 0 Å². The summed E-state index contributed by atoms with van der Waals surface area (Å²) in [7, 11) is 0. The molecular weight excluding hydrogens is 230 g/mol. The zero-order valence-corrected chi connectivity index (χ0v) is 6.60. The third-order valence-electron chi connectivity index (χ3n) is 0. The van der Waals surface area contributed by atoms with Crippen LogP contribution in [0, 0.1) is 0 Å². The summed E-state index contributed by atoms with van der Waals surface area (Å²) in [6.45, 7) is 0. The maximum absolute atomic E-state index is 0. The van der Waals surface area contributed by atoms with Crippen molar-refractivity contribution in [1.82, 2.24) is 0 Å². The van der Waals surface area contributed by atoms with Crippen LogP contribution in [0.1, 0.15) is 0 Å². The predicted molar refractivity (Wildman–Crippen MR) is 7.74 cm³/mol. The van der Waals surface area contributed by atoms with Gasteiger partial charge in [0.05, 0.1) is 0 Å². The Kier molecular flexibility index (Phi) is 3790. The Labute approximate surface area is 76.9 Å². The molecule has 0 atom stereocenters. The molecule has 0 aliphatic rings. The van der Waals surface area contributed by atoms with E-state index in [0.717, 1.165) is 0 Å². The van der Waals surface area contributed by atoms with Crippen molar-refractivity contribution < 1.29 is 77.2 Å². The molecule has 0 spiro atoms. The summed E-state index contributed by atoms with van der Waals surface area (Å²) >= 11 is 0. The van der Waals surface area contributed by atoms with E-state index in [4.69, 9.17) is 0 Å². The fourth-order valence-corrected chi connectivity index (χ4v) is 0. The van der Waals surface area contributed by atoms with Gasteiger partial charge in [0.25, 0.3) is 0 Å². The van der Waals surface area contributed by atoms with Crippen LogP contribution in [-0.4, -0.2) is 21.9 Å². The Bertz CT molecular complexity index is 9.65.